The van der Waals surface area contributed by atoms with Crippen LogP contribution in [0.15, 0.2) is 18.2 Å². The predicted molar refractivity (Wildman–Crippen MR) is 79.1 cm³/mol. The fourth-order valence-corrected chi connectivity index (χ4v) is 2.37. The second-order valence-electron chi connectivity index (χ2n) is 4.86. The molecular formula is C16H21NO4. The first kappa shape index (κ1) is 15.8. The summed E-state index contributed by atoms with van der Waals surface area (Å²) < 4.78 is 10.7. The molecule has 5 nitrogen and oxygen atoms in total. The number of aliphatic hydroxyl groups excluding tert-OH is 2. The maximum Gasteiger partial charge on any atom is 0.119 e. The van der Waals surface area contributed by atoms with E-state index < -0.39 is 0 Å². The molecule has 0 saturated carbocycles. The monoisotopic (exact) mass is 291 g/mol. The third kappa shape index (κ3) is 4.19. The van der Waals surface area contributed by atoms with E-state index >= 15 is 0 Å². The van der Waals surface area contributed by atoms with E-state index in [1.54, 1.807) is 7.11 Å². The summed E-state index contributed by atoms with van der Waals surface area (Å²) in [7, 11) is 1.63. The molecule has 0 spiro atoms. The predicted octanol–water partition coefficient (Wildman–Crippen LogP) is 0.232. The molecule has 5 heteroatoms. The maximum absolute atomic E-state index is 9.44. The average molecular weight is 291 g/mol. The standard InChI is InChI=1S/C16H21NO4/c1-20-16-5-4-13(3-2-7-18)14(9-16)10-17-6-8-21-12-15(17)11-19/h4-5,9,15,18-19H,6-8,10-12H2,1H3. The van der Waals surface area contributed by atoms with Crippen molar-refractivity contribution in [3.05, 3.63) is 29.3 Å². The lowest BCUT2D eigenvalue weighted by Crippen LogP contribution is -2.46. The summed E-state index contributed by atoms with van der Waals surface area (Å²) in [5.41, 5.74) is 1.89. The first-order valence-corrected chi connectivity index (χ1v) is 6.97. The second-order valence-corrected chi connectivity index (χ2v) is 4.86. The maximum atomic E-state index is 9.44. The van der Waals surface area contributed by atoms with Gasteiger partial charge in [0.2, 0.25) is 0 Å². The van der Waals surface area contributed by atoms with Crippen molar-refractivity contribution in [3.8, 4) is 17.6 Å². The van der Waals surface area contributed by atoms with Crippen LogP contribution in [0, 0.1) is 11.8 Å². The molecule has 1 aliphatic rings. The molecule has 0 amide bonds. The van der Waals surface area contributed by atoms with E-state index in [9.17, 15) is 5.11 Å². The van der Waals surface area contributed by atoms with Gasteiger partial charge in [-0.3, -0.25) is 4.90 Å². The van der Waals surface area contributed by atoms with E-state index in [2.05, 4.69) is 16.7 Å². The molecule has 0 radical (unpaired) electrons. The Balaban J connectivity index is 2.23. The molecule has 0 bridgehead atoms. The smallest absolute Gasteiger partial charge is 0.119 e. The van der Waals surface area contributed by atoms with E-state index in [4.69, 9.17) is 14.6 Å². The van der Waals surface area contributed by atoms with Crippen LogP contribution in [0.3, 0.4) is 0 Å². The van der Waals surface area contributed by atoms with E-state index in [0.717, 1.165) is 23.4 Å². The number of ether oxygens (including phenoxy) is 2. The zero-order chi connectivity index (χ0) is 15.1. The molecule has 114 valence electrons. The summed E-state index contributed by atoms with van der Waals surface area (Å²) >= 11 is 0. The molecule has 1 atom stereocenters. The third-order valence-corrected chi connectivity index (χ3v) is 3.55. The van der Waals surface area contributed by atoms with E-state index in [0.29, 0.717) is 19.8 Å². The van der Waals surface area contributed by atoms with Crippen molar-refractivity contribution in [1.82, 2.24) is 4.90 Å². The molecule has 21 heavy (non-hydrogen) atoms. The zero-order valence-corrected chi connectivity index (χ0v) is 12.2. The molecule has 2 N–H and O–H groups in total. The second kappa shape index (κ2) is 8.01. The van der Waals surface area contributed by atoms with Crippen molar-refractivity contribution < 1.29 is 19.7 Å². The van der Waals surface area contributed by atoms with Crippen molar-refractivity contribution >= 4 is 0 Å². The molecule has 0 aromatic heterocycles. The topological polar surface area (TPSA) is 62.2 Å². The van der Waals surface area contributed by atoms with Crippen LogP contribution in [-0.4, -0.2) is 61.2 Å². The van der Waals surface area contributed by atoms with Crippen LogP contribution in [0.4, 0.5) is 0 Å². The molecule has 1 fully saturated rings. The van der Waals surface area contributed by atoms with Gasteiger partial charge in [-0.1, -0.05) is 11.8 Å². The summed E-state index contributed by atoms with van der Waals surface area (Å²) in [4.78, 5) is 2.18. The number of methoxy groups -OCH3 is 1. The Bertz CT molecular complexity index is 521. The molecule has 0 aliphatic carbocycles. The van der Waals surface area contributed by atoms with Crippen LogP contribution in [0.5, 0.6) is 5.75 Å². The third-order valence-electron chi connectivity index (χ3n) is 3.55. The summed E-state index contributed by atoms with van der Waals surface area (Å²) in [6, 6.07) is 5.70. The Morgan fingerprint density at radius 3 is 3.00 bits per heavy atom. The number of hydrogen-bond donors (Lipinski definition) is 2. The number of hydrogen-bond acceptors (Lipinski definition) is 5. The highest BCUT2D eigenvalue weighted by Gasteiger charge is 2.23. The molecule has 2 rings (SSSR count). The molecule has 1 heterocycles. The van der Waals surface area contributed by atoms with Gasteiger partial charge in [-0.2, -0.15) is 0 Å². The minimum absolute atomic E-state index is 0.00334. The van der Waals surface area contributed by atoms with Crippen molar-refractivity contribution in [2.45, 2.75) is 12.6 Å². The normalized spacial score (nSPS) is 18.9. The van der Waals surface area contributed by atoms with E-state index in [1.807, 2.05) is 18.2 Å². The first-order chi connectivity index (χ1) is 10.3. The largest absolute Gasteiger partial charge is 0.497 e. The Hall–Kier alpha value is -1.58. The van der Waals surface area contributed by atoms with Gasteiger partial charge in [-0.05, 0) is 23.8 Å². The highest BCUT2D eigenvalue weighted by molar-refractivity contribution is 5.45. The lowest BCUT2D eigenvalue weighted by atomic mass is 10.1. The van der Waals surface area contributed by atoms with Crippen LogP contribution in [-0.2, 0) is 11.3 Å². The van der Waals surface area contributed by atoms with Gasteiger partial charge in [0.15, 0.2) is 0 Å². The van der Waals surface area contributed by atoms with Crippen molar-refractivity contribution in [3.63, 3.8) is 0 Å². The van der Waals surface area contributed by atoms with Gasteiger partial charge >= 0.3 is 0 Å². The van der Waals surface area contributed by atoms with Crippen molar-refractivity contribution in [2.24, 2.45) is 0 Å². The minimum atomic E-state index is -0.164. The van der Waals surface area contributed by atoms with Crippen molar-refractivity contribution in [1.29, 1.82) is 0 Å². The fourth-order valence-electron chi connectivity index (χ4n) is 2.37. The fraction of sp³-hybridized carbons (Fsp3) is 0.500. The summed E-state index contributed by atoms with van der Waals surface area (Å²) in [5, 5.41) is 18.3. The number of nitrogens with zero attached hydrogens (tertiary/aromatic N) is 1. The Kier molecular flexibility index (Phi) is 6.03. The SMILES string of the molecule is COc1ccc(C#CCO)c(CN2CCOCC2CO)c1. The minimum Gasteiger partial charge on any atom is -0.497 e. The van der Waals surface area contributed by atoms with Gasteiger partial charge in [-0.25, -0.2) is 0 Å². The van der Waals surface area contributed by atoms with Gasteiger partial charge in [0.1, 0.15) is 12.4 Å². The molecule has 1 saturated heterocycles. The number of rotatable bonds is 4. The highest BCUT2D eigenvalue weighted by Crippen LogP contribution is 2.20. The Morgan fingerprint density at radius 1 is 1.43 bits per heavy atom. The number of morpholine rings is 1. The Morgan fingerprint density at radius 2 is 2.29 bits per heavy atom. The first-order valence-electron chi connectivity index (χ1n) is 6.97. The average Bonchev–Trinajstić information content (AvgIpc) is 2.54. The highest BCUT2D eigenvalue weighted by atomic mass is 16.5. The molecule has 1 unspecified atom stereocenters. The van der Waals surface area contributed by atoms with Crippen molar-refractivity contribution in [2.75, 3.05) is 40.1 Å². The molecule has 1 aromatic rings. The van der Waals surface area contributed by atoms with Crippen LogP contribution in [0.25, 0.3) is 0 Å². The molecule has 1 aromatic carbocycles. The van der Waals surface area contributed by atoms with Gasteiger partial charge in [0, 0.05) is 18.7 Å². The number of aliphatic hydroxyl groups is 2. The van der Waals surface area contributed by atoms with Gasteiger partial charge < -0.3 is 19.7 Å². The van der Waals surface area contributed by atoms with Gasteiger partial charge in [0.05, 0.1) is 33.0 Å². The summed E-state index contributed by atoms with van der Waals surface area (Å²) in [5.74, 6) is 6.41. The van der Waals surface area contributed by atoms with Crippen LogP contribution < -0.4 is 4.74 Å². The van der Waals surface area contributed by atoms with Crippen LogP contribution >= 0.6 is 0 Å². The lowest BCUT2D eigenvalue weighted by molar-refractivity contribution is -0.0313. The summed E-state index contributed by atoms with van der Waals surface area (Å²) in [6.45, 7) is 2.55. The van der Waals surface area contributed by atoms with Gasteiger partial charge in [0.25, 0.3) is 0 Å². The molecule has 1 aliphatic heterocycles. The van der Waals surface area contributed by atoms with Crippen LogP contribution in [0.2, 0.25) is 0 Å². The quantitative estimate of drug-likeness (QED) is 0.778. The number of benzene rings is 1. The van der Waals surface area contributed by atoms with Crippen LogP contribution in [0.1, 0.15) is 11.1 Å². The lowest BCUT2D eigenvalue weighted by Gasteiger charge is -2.34. The van der Waals surface area contributed by atoms with E-state index in [1.165, 1.54) is 0 Å². The van der Waals surface area contributed by atoms with Gasteiger partial charge in [-0.15, -0.1) is 0 Å². The van der Waals surface area contributed by atoms with E-state index in [-0.39, 0.29) is 19.3 Å². The Labute approximate surface area is 125 Å². The summed E-state index contributed by atoms with van der Waals surface area (Å²) in [6.07, 6.45) is 0. The zero-order valence-electron chi connectivity index (χ0n) is 12.2. The molecular weight excluding hydrogens is 270 g/mol.